The van der Waals surface area contributed by atoms with Crippen LogP contribution in [-0.4, -0.2) is 29.7 Å². The molecule has 0 saturated carbocycles. The van der Waals surface area contributed by atoms with Gasteiger partial charge in [0, 0.05) is 5.69 Å². The number of amides is 2. The fraction of sp³-hybridized carbons (Fsp3) is 0.308. The van der Waals surface area contributed by atoms with Gasteiger partial charge in [-0.1, -0.05) is 39.1 Å². The summed E-state index contributed by atoms with van der Waals surface area (Å²) in [5.41, 5.74) is 0.452. The number of carbonyl (C=O) groups is 2. The van der Waals surface area contributed by atoms with Crippen LogP contribution in [0.2, 0.25) is 10.0 Å². The Labute approximate surface area is 140 Å². The van der Waals surface area contributed by atoms with Crippen molar-refractivity contribution in [3.05, 3.63) is 28.2 Å². The summed E-state index contributed by atoms with van der Waals surface area (Å²) < 4.78 is 0. The molecule has 1 unspecified atom stereocenters. The lowest BCUT2D eigenvalue weighted by Crippen LogP contribution is -2.48. The zero-order valence-electron chi connectivity index (χ0n) is 11.1. The maximum Gasteiger partial charge on any atom is 0.243 e. The minimum absolute atomic E-state index is 0.0448. The zero-order valence-corrected chi connectivity index (χ0v) is 14.2. The monoisotopic (exact) mass is 391 g/mol. The Balaban J connectivity index is 3.11. The van der Waals surface area contributed by atoms with Crippen molar-refractivity contribution < 1.29 is 9.59 Å². The van der Waals surface area contributed by atoms with Gasteiger partial charge in [0.15, 0.2) is 0 Å². The summed E-state index contributed by atoms with van der Waals surface area (Å²) in [6, 6.07) is 5.68. The molecule has 0 spiro atoms. The molecule has 1 rings (SSSR count). The predicted molar refractivity (Wildman–Crippen MR) is 85.8 cm³/mol. The van der Waals surface area contributed by atoms with Crippen molar-refractivity contribution in [2.45, 2.75) is 13.0 Å². The molecule has 0 heterocycles. The molecule has 1 aromatic rings. The van der Waals surface area contributed by atoms with Crippen molar-refractivity contribution in [1.29, 1.82) is 5.26 Å². The molecule has 5 nitrogen and oxygen atoms in total. The highest BCUT2D eigenvalue weighted by atomic mass is 79.9. The molecular weight excluding hydrogens is 381 g/mol. The van der Waals surface area contributed by atoms with E-state index in [1.165, 1.54) is 11.0 Å². The zero-order chi connectivity index (χ0) is 16.0. The number of anilines is 1. The summed E-state index contributed by atoms with van der Waals surface area (Å²) in [5, 5.41) is 11.6. The maximum atomic E-state index is 12.1. The van der Waals surface area contributed by atoms with Crippen LogP contribution in [0.1, 0.15) is 6.92 Å². The highest BCUT2D eigenvalue weighted by Crippen LogP contribution is 2.28. The van der Waals surface area contributed by atoms with E-state index in [1.807, 2.05) is 6.07 Å². The summed E-state index contributed by atoms with van der Waals surface area (Å²) in [7, 11) is 0. The van der Waals surface area contributed by atoms with Crippen molar-refractivity contribution in [3.8, 4) is 6.07 Å². The van der Waals surface area contributed by atoms with Crippen LogP contribution in [0.5, 0.6) is 0 Å². The van der Waals surface area contributed by atoms with Crippen LogP contribution in [0.3, 0.4) is 0 Å². The lowest BCUT2D eigenvalue weighted by atomic mass is 10.2. The van der Waals surface area contributed by atoms with Gasteiger partial charge in [0.1, 0.15) is 12.6 Å². The number of carbonyl (C=O) groups excluding carboxylic acids is 2. The molecule has 112 valence electrons. The van der Waals surface area contributed by atoms with Crippen LogP contribution in [0, 0.1) is 11.3 Å². The molecule has 8 heteroatoms. The number of benzene rings is 1. The molecular formula is C13H12BrCl2N3O2. The Morgan fingerprint density at radius 1 is 1.43 bits per heavy atom. The van der Waals surface area contributed by atoms with Crippen molar-refractivity contribution in [1.82, 2.24) is 5.32 Å². The first kappa shape index (κ1) is 17.8. The molecule has 0 radical (unpaired) electrons. The first-order valence-electron chi connectivity index (χ1n) is 5.90. The average molecular weight is 393 g/mol. The Kier molecular flexibility index (Phi) is 6.96. The quantitative estimate of drug-likeness (QED) is 0.618. The van der Waals surface area contributed by atoms with Crippen LogP contribution < -0.4 is 10.2 Å². The third-order valence-corrected chi connectivity index (χ3v) is 3.89. The number of rotatable bonds is 5. The van der Waals surface area contributed by atoms with E-state index in [-0.39, 0.29) is 22.8 Å². The van der Waals surface area contributed by atoms with E-state index in [0.29, 0.717) is 10.7 Å². The SMILES string of the molecule is CC(C(=O)NCC#N)N(C(=O)CBr)c1ccc(Cl)c(Cl)c1. The number of hydrogen-bond acceptors (Lipinski definition) is 3. The Morgan fingerprint density at radius 3 is 2.62 bits per heavy atom. The third kappa shape index (κ3) is 4.60. The first-order chi connectivity index (χ1) is 9.92. The topological polar surface area (TPSA) is 73.2 Å². The van der Waals surface area contributed by atoms with E-state index >= 15 is 0 Å². The summed E-state index contributed by atoms with van der Waals surface area (Å²) >= 11 is 14.9. The number of alkyl halides is 1. The molecule has 0 aliphatic carbocycles. The fourth-order valence-corrected chi connectivity index (χ4v) is 2.24. The van der Waals surface area contributed by atoms with Crippen LogP contribution in [-0.2, 0) is 9.59 Å². The van der Waals surface area contributed by atoms with E-state index in [4.69, 9.17) is 28.5 Å². The van der Waals surface area contributed by atoms with Crippen molar-refractivity contribution in [3.63, 3.8) is 0 Å². The minimum Gasteiger partial charge on any atom is -0.341 e. The normalized spacial score (nSPS) is 11.4. The molecule has 2 amide bonds. The Bertz CT molecular complexity index is 589. The number of nitrogens with one attached hydrogen (secondary N) is 1. The van der Waals surface area contributed by atoms with Gasteiger partial charge in [0.25, 0.3) is 0 Å². The van der Waals surface area contributed by atoms with Gasteiger partial charge >= 0.3 is 0 Å². The molecule has 1 N–H and O–H groups in total. The van der Waals surface area contributed by atoms with Gasteiger partial charge in [-0.05, 0) is 25.1 Å². The third-order valence-electron chi connectivity index (χ3n) is 2.67. The van der Waals surface area contributed by atoms with E-state index in [9.17, 15) is 9.59 Å². The maximum absolute atomic E-state index is 12.1. The standard InChI is InChI=1S/C13H12BrCl2N3O2/c1-8(13(21)18-5-4-17)19(12(20)7-14)9-2-3-10(15)11(16)6-9/h2-3,6,8H,5,7H2,1H3,(H,18,21). The van der Waals surface area contributed by atoms with Crippen LogP contribution >= 0.6 is 39.1 Å². The second kappa shape index (κ2) is 8.23. The van der Waals surface area contributed by atoms with Crippen LogP contribution in [0.4, 0.5) is 5.69 Å². The summed E-state index contributed by atoms with van der Waals surface area (Å²) in [4.78, 5) is 25.3. The van der Waals surface area contributed by atoms with Gasteiger partial charge in [0.2, 0.25) is 11.8 Å². The molecule has 0 aliphatic heterocycles. The van der Waals surface area contributed by atoms with Gasteiger partial charge < -0.3 is 5.32 Å². The molecule has 0 aromatic heterocycles. The predicted octanol–water partition coefficient (Wildman–Crippen LogP) is 2.75. The highest BCUT2D eigenvalue weighted by molar-refractivity contribution is 9.09. The number of nitriles is 1. The fourth-order valence-electron chi connectivity index (χ4n) is 1.67. The second-order valence-electron chi connectivity index (χ2n) is 4.05. The Morgan fingerprint density at radius 2 is 2.10 bits per heavy atom. The van der Waals surface area contributed by atoms with Gasteiger partial charge in [0.05, 0.1) is 21.4 Å². The van der Waals surface area contributed by atoms with E-state index in [2.05, 4.69) is 21.2 Å². The second-order valence-corrected chi connectivity index (χ2v) is 5.42. The molecule has 0 saturated heterocycles. The summed E-state index contributed by atoms with van der Waals surface area (Å²) in [6.45, 7) is 1.44. The van der Waals surface area contributed by atoms with Crippen LogP contribution in [0.15, 0.2) is 18.2 Å². The van der Waals surface area contributed by atoms with Crippen molar-refractivity contribution in [2.24, 2.45) is 0 Å². The van der Waals surface area contributed by atoms with E-state index < -0.39 is 11.9 Å². The molecule has 1 aromatic carbocycles. The summed E-state index contributed by atoms with van der Waals surface area (Å²) in [5.74, 6) is -0.745. The smallest absolute Gasteiger partial charge is 0.243 e. The largest absolute Gasteiger partial charge is 0.341 e. The number of nitrogens with zero attached hydrogens (tertiary/aromatic N) is 2. The van der Waals surface area contributed by atoms with E-state index in [1.54, 1.807) is 19.1 Å². The average Bonchev–Trinajstić information content (AvgIpc) is 2.48. The van der Waals surface area contributed by atoms with Crippen molar-refractivity contribution >= 4 is 56.6 Å². The van der Waals surface area contributed by atoms with Crippen molar-refractivity contribution in [2.75, 3.05) is 16.8 Å². The van der Waals surface area contributed by atoms with E-state index in [0.717, 1.165) is 0 Å². The highest BCUT2D eigenvalue weighted by Gasteiger charge is 2.27. The Hall–Kier alpha value is -1.29. The summed E-state index contributed by atoms with van der Waals surface area (Å²) in [6.07, 6.45) is 0. The molecule has 21 heavy (non-hydrogen) atoms. The van der Waals surface area contributed by atoms with Gasteiger partial charge in [-0.3, -0.25) is 14.5 Å². The molecule has 0 fully saturated rings. The van der Waals surface area contributed by atoms with Gasteiger partial charge in [-0.25, -0.2) is 0 Å². The van der Waals surface area contributed by atoms with Crippen LogP contribution in [0.25, 0.3) is 0 Å². The molecule has 0 bridgehead atoms. The van der Waals surface area contributed by atoms with Gasteiger partial charge in [-0.15, -0.1) is 0 Å². The number of hydrogen-bond donors (Lipinski definition) is 1. The minimum atomic E-state index is -0.791. The van der Waals surface area contributed by atoms with Gasteiger partial charge in [-0.2, -0.15) is 5.26 Å². The lowest BCUT2D eigenvalue weighted by Gasteiger charge is -2.28. The number of halogens is 3. The molecule has 1 atom stereocenters. The lowest BCUT2D eigenvalue weighted by molar-refractivity contribution is -0.125. The first-order valence-corrected chi connectivity index (χ1v) is 7.77. The molecule has 0 aliphatic rings.